The Morgan fingerprint density at radius 1 is 1.25 bits per heavy atom. The van der Waals surface area contributed by atoms with Crippen LogP contribution in [0.4, 0.5) is 4.79 Å². The summed E-state index contributed by atoms with van der Waals surface area (Å²) in [7, 11) is 0. The van der Waals surface area contributed by atoms with Crippen LogP contribution in [-0.2, 0) is 14.3 Å². The van der Waals surface area contributed by atoms with Gasteiger partial charge in [-0.05, 0) is 68.8 Å². The van der Waals surface area contributed by atoms with Crippen LogP contribution in [-0.4, -0.2) is 28.2 Å². The maximum atomic E-state index is 12.2. The van der Waals surface area contributed by atoms with Gasteiger partial charge in [-0.3, -0.25) is 5.32 Å². The highest BCUT2D eigenvalue weighted by molar-refractivity contribution is 9.10. The lowest BCUT2D eigenvalue weighted by Gasteiger charge is -2.28. The van der Waals surface area contributed by atoms with E-state index >= 15 is 0 Å². The number of halogens is 1. The molecule has 5 nitrogen and oxygen atoms in total. The number of hydrogen-bond donors (Lipinski definition) is 1. The van der Waals surface area contributed by atoms with Gasteiger partial charge in [0.1, 0.15) is 11.7 Å². The van der Waals surface area contributed by atoms with E-state index in [-0.39, 0.29) is 6.10 Å². The number of alkyl carbamates (subject to hydrolysis) is 1. The number of nitrogens with one attached hydrogen (secondary N) is 1. The second kappa shape index (κ2) is 6.78. The molecule has 1 amide bonds. The Morgan fingerprint density at radius 2 is 1.80 bits per heavy atom. The van der Waals surface area contributed by atoms with Crippen LogP contribution in [0.3, 0.4) is 0 Å². The molecular formula is C14H24BrNO4. The molecule has 0 aromatic heterocycles. The molecule has 0 aliphatic heterocycles. The van der Waals surface area contributed by atoms with Crippen molar-refractivity contribution in [1.82, 2.24) is 5.32 Å². The highest BCUT2D eigenvalue weighted by Gasteiger charge is 2.40. The van der Waals surface area contributed by atoms with Crippen molar-refractivity contribution in [2.24, 2.45) is 0 Å². The molecule has 1 atom stereocenters. The SMILES string of the molecule is CC[C@@](Br)(NC(=O)OC(C)(C)C)C(=O)OC1CCCC1. The fourth-order valence-corrected chi connectivity index (χ4v) is 2.26. The Bertz CT molecular complexity index is 361. The molecule has 116 valence electrons. The summed E-state index contributed by atoms with van der Waals surface area (Å²) in [6.45, 7) is 7.10. The van der Waals surface area contributed by atoms with Crippen molar-refractivity contribution < 1.29 is 19.1 Å². The van der Waals surface area contributed by atoms with Gasteiger partial charge in [-0.15, -0.1) is 0 Å². The molecule has 0 radical (unpaired) electrons. The monoisotopic (exact) mass is 349 g/mol. The van der Waals surface area contributed by atoms with E-state index in [1.807, 2.05) is 0 Å². The molecule has 0 spiro atoms. The lowest BCUT2D eigenvalue weighted by atomic mass is 10.2. The number of esters is 1. The molecule has 1 rings (SSSR count). The molecule has 6 heteroatoms. The van der Waals surface area contributed by atoms with Gasteiger partial charge in [0.15, 0.2) is 4.45 Å². The lowest BCUT2D eigenvalue weighted by Crippen LogP contribution is -2.52. The number of rotatable bonds is 4. The zero-order valence-electron chi connectivity index (χ0n) is 12.6. The minimum absolute atomic E-state index is 0.0357. The summed E-state index contributed by atoms with van der Waals surface area (Å²) in [6.07, 6.45) is 3.65. The predicted octanol–water partition coefficient (Wildman–Crippen LogP) is 3.50. The maximum Gasteiger partial charge on any atom is 0.409 e. The van der Waals surface area contributed by atoms with Crippen molar-refractivity contribution in [3.63, 3.8) is 0 Å². The molecule has 0 saturated heterocycles. The van der Waals surface area contributed by atoms with Crippen LogP contribution in [0, 0.1) is 0 Å². The average molecular weight is 350 g/mol. The van der Waals surface area contributed by atoms with Gasteiger partial charge in [0.2, 0.25) is 0 Å². The number of amides is 1. The second-order valence-corrected chi connectivity index (χ2v) is 7.45. The first-order chi connectivity index (χ1) is 9.16. The van der Waals surface area contributed by atoms with Crippen LogP contribution in [0.1, 0.15) is 59.8 Å². The summed E-state index contributed by atoms with van der Waals surface area (Å²) < 4.78 is 9.39. The first-order valence-electron chi connectivity index (χ1n) is 7.07. The van der Waals surface area contributed by atoms with Crippen molar-refractivity contribution in [3.8, 4) is 0 Å². The second-order valence-electron chi connectivity index (χ2n) is 6.09. The molecule has 0 aromatic rings. The topological polar surface area (TPSA) is 64.6 Å². The number of ether oxygens (including phenoxy) is 2. The van der Waals surface area contributed by atoms with Gasteiger partial charge in [-0.2, -0.15) is 0 Å². The first kappa shape index (κ1) is 17.3. The highest BCUT2D eigenvalue weighted by atomic mass is 79.9. The summed E-state index contributed by atoms with van der Waals surface area (Å²) in [5.74, 6) is -0.460. The van der Waals surface area contributed by atoms with Gasteiger partial charge >= 0.3 is 12.1 Å². The third-order valence-corrected chi connectivity index (χ3v) is 4.17. The van der Waals surface area contributed by atoms with Crippen LogP contribution in [0.15, 0.2) is 0 Å². The average Bonchev–Trinajstić information content (AvgIpc) is 2.78. The van der Waals surface area contributed by atoms with Crippen molar-refractivity contribution >= 4 is 28.0 Å². The standard InChI is InChI=1S/C14H24BrNO4/c1-5-14(15,16-12(18)20-13(2,3)4)11(17)19-10-8-6-7-9-10/h10H,5-9H2,1-4H3,(H,16,18)/t14-/m1/s1. The summed E-state index contributed by atoms with van der Waals surface area (Å²) in [5.41, 5.74) is -0.610. The fourth-order valence-electron chi connectivity index (χ4n) is 2.00. The smallest absolute Gasteiger partial charge is 0.409 e. The van der Waals surface area contributed by atoms with Crippen LogP contribution in [0.5, 0.6) is 0 Å². The molecule has 1 aliphatic carbocycles. The van der Waals surface area contributed by atoms with Gasteiger partial charge in [-0.25, -0.2) is 9.59 Å². The van der Waals surface area contributed by atoms with E-state index in [2.05, 4.69) is 21.2 Å². The third-order valence-electron chi connectivity index (χ3n) is 3.09. The Balaban J connectivity index is 2.60. The maximum absolute atomic E-state index is 12.2. The Hall–Kier alpha value is -0.780. The normalized spacial score (nSPS) is 19.2. The summed E-state index contributed by atoms with van der Waals surface area (Å²) in [4.78, 5) is 24.0. The quantitative estimate of drug-likeness (QED) is 0.479. The molecule has 0 unspecified atom stereocenters. The minimum Gasteiger partial charge on any atom is -0.460 e. The van der Waals surface area contributed by atoms with E-state index in [0.29, 0.717) is 6.42 Å². The summed E-state index contributed by atoms with van der Waals surface area (Å²) in [5, 5.41) is 2.55. The fraction of sp³-hybridized carbons (Fsp3) is 0.857. The van der Waals surface area contributed by atoms with Gasteiger partial charge in [0.05, 0.1) is 0 Å². The van der Waals surface area contributed by atoms with Crippen molar-refractivity contribution in [2.75, 3.05) is 0 Å². The lowest BCUT2D eigenvalue weighted by molar-refractivity contribution is -0.152. The van der Waals surface area contributed by atoms with Crippen LogP contribution < -0.4 is 5.32 Å². The highest BCUT2D eigenvalue weighted by Crippen LogP contribution is 2.27. The summed E-state index contributed by atoms with van der Waals surface area (Å²) in [6, 6.07) is 0. The van der Waals surface area contributed by atoms with Crippen LogP contribution in [0.25, 0.3) is 0 Å². The van der Waals surface area contributed by atoms with Gasteiger partial charge in [0, 0.05) is 0 Å². The number of carbonyl (C=O) groups is 2. The Kier molecular flexibility index (Phi) is 5.86. The molecule has 20 heavy (non-hydrogen) atoms. The van der Waals surface area contributed by atoms with Gasteiger partial charge in [0.25, 0.3) is 0 Å². The van der Waals surface area contributed by atoms with E-state index in [1.54, 1.807) is 27.7 Å². The number of hydrogen-bond acceptors (Lipinski definition) is 4. The van der Waals surface area contributed by atoms with Crippen LogP contribution >= 0.6 is 15.9 Å². The zero-order valence-corrected chi connectivity index (χ0v) is 14.2. The Morgan fingerprint density at radius 3 is 2.25 bits per heavy atom. The molecule has 1 fully saturated rings. The third kappa shape index (κ3) is 5.31. The molecule has 1 saturated carbocycles. The van der Waals surface area contributed by atoms with E-state index in [1.165, 1.54) is 0 Å². The molecule has 0 bridgehead atoms. The van der Waals surface area contributed by atoms with E-state index in [4.69, 9.17) is 9.47 Å². The van der Waals surface area contributed by atoms with Crippen molar-refractivity contribution in [2.45, 2.75) is 76.0 Å². The van der Waals surface area contributed by atoms with Gasteiger partial charge < -0.3 is 9.47 Å². The first-order valence-corrected chi connectivity index (χ1v) is 7.87. The molecule has 0 heterocycles. The zero-order chi connectivity index (χ0) is 15.4. The predicted molar refractivity (Wildman–Crippen MR) is 79.7 cm³/mol. The van der Waals surface area contributed by atoms with Crippen molar-refractivity contribution in [3.05, 3.63) is 0 Å². The van der Waals surface area contributed by atoms with E-state index < -0.39 is 22.1 Å². The molecule has 0 aromatic carbocycles. The Labute approximate surface area is 128 Å². The van der Waals surface area contributed by atoms with Crippen molar-refractivity contribution in [1.29, 1.82) is 0 Å². The van der Waals surface area contributed by atoms with E-state index in [0.717, 1.165) is 25.7 Å². The minimum atomic E-state index is -1.22. The van der Waals surface area contributed by atoms with Crippen LogP contribution in [0.2, 0.25) is 0 Å². The molecular weight excluding hydrogens is 326 g/mol. The van der Waals surface area contributed by atoms with E-state index in [9.17, 15) is 9.59 Å². The summed E-state index contributed by atoms with van der Waals surface area (Å²) >= 11 is 3.28. The molecule has 1 N–H and O–H groups in total. The number of carbonyl (C=O) groups excluding carboxylic acids is 2. The largest absolute Gasteiger partial charge is 0.460 e. The number of alkyl halides is 1. The van der Waals surface area contributed by atoms with Gasteiger partial charge in [-0.1, -0.05) is 6.92 Å². The molecule has 1 aliphatic rings.